The number of carbonyl (C=O) groups excluding carboxylic acids is 1. The van der Waals surface area contributed by atoms with Crippen molar-refractivity contribution in [3.63, 3.8) is 0 Å². The van der Waals surface area contributed by atoms with Crippen molar-refractivity contribution in [1.82, 2.24) is 14.9 Å². The van der Waals surface area contributed by atoms with E-state index >= 15 is 0 Å². The molecule has 1 heterocycles. The number of hydrogen-bond donors (Lipinski definition) is 2. The zero-order chi connectivity index (χ0) is 18.0. The minimum atomic E-state index is -3.58. The monoisotopic (exact) mass is 389 g/mol. The first-order valence-corrected chi connectivity index (χ1v) is 9.71. The van der Waals surface area contributed by atoms with Crippen LogP contribution >= 0.6 is 12.4 Å². The summed E-state index contributed by atoms with van der Waals surface area (Å²) in [5.74, 6) is -0.0531. The minimum Gasteiger partial charge on any atom is -0.337 e. The molecule has 1 unspecified atom stereocenters. The smallest absolute Gasteiger partial charge is 0.253 e. The van der Waals surface area contributed by atoms with Crippen molar-refractivity contribution in [3.8, 4) is 0 Å². The highest BCUT2D eigenvalue weighted by Crippen LogP contribution is 2.17. The molecule has 8 heteroatoms. The summed E-state index contributed by atoms with van der Waals surface area (Å²) in [6, 6.07) is 6.46. The van der Waals surface area contributed by atoms with Gasteiger partial charge >= 0.3 is 0 Å². The van der Waals surface area contributed by atoms with E-state index < -0.39 is 15.6 Å². The highest BCUT2D eigenvalue weighted by molar-refractivity contribution is 7.89. The van der Waals surface area contributed by atoms with E-state index in [2.05, 4.69) is 10.0 Å². The summed E-state index contributed by atoms with van der Waals surface area (Å²) >= 11 is 0. The van der Waals surface area contributed by atoms with E-state index in [0.717, 1.165) is 19.4 Å². The van der Waals surface area contributed by atoms with Gasteiger partial charge in [-0.25, -0.2) is 13.1 Å². The molecule has 1 fully saturated rings. The van der Waals surface area contributed by atoms with Crippen LogP contribution in [0.5, 0.6) is 0 Å². The summed E-state index contributed by atoms with van der Waals surface area (Å²) < 4.78 is 27.2. The highest BCUT2D eigenvalue weighted by Gasteiger charge is 2.25. The summed E-state index contributed by atoms with van der Waals surface area (Å²) in [6.45, 7) is 6.79. The predicted molar refractivity (Wildman–Crippen MR) is 102 cm³/mol. The van der Waals surface area contributed by atoms with Gasteiger partial charge in [0.1, 0.15) is 0 Å². The third-order valence-corrected chi connectivity index (χ3v) is 5.74. The van der Waals surface area contributed by atoms with Gasteiger partial charge in [0, 0.05) is 30.2 Å². The van der Waals surface area contributed by atoms with Crippen molar-refractivity contribution in [2.75, 3.05) is 20.1 Å². The van der Waals surface area contributed by atoms with Crippen molar-refractivity contribution in [2.45, 2.75) is 50.1 Å². The van der Waals surface area contributed by atoms with Crippen LogP contribution in [0.2, 0.25) is 0 Å². The van der Waals surface area contributed by atoms with Crippen molar-refractivity contribution >= 4 is 28.3 Å². The van der Waals surface area contributed by atoms with Crippen LogP contribution in [0, 0.1) is 0 Å². The largest absolute Gasteiger partial charge is 0.337 e. The third kappa shape index (κ3) is 5.95. The Hall–Kier alpha value is -1.15. The van der Waals surface area contributed by atoms with Crippen LogP contribution in [0.3, 0.4) is 0 Å². The molecule has 2 rings (SSSR count). The second kappa shape index (κ2) is 8.49. The zero-order valence-electron chi connectivity index (χ0n) is 15.2. The lowest BCUT2D eigenvalue weighted by molar-refractivity contribution is 0.0698. The van der Waals surface area contributed by atoms with Crippen LogP contribution in [0.25, 0.3) is 0 Å². The van der Waals surface area contributed by atoms with Gasteiger partial charge in [-0.15, -0.1) is 12.4 Å². The number of amides is 1. The molecule has 1 atom stereocenters. The van der Waals surface area contributed by atoms with Crippen LogP contribution in [0.1, 0.15) is 44.0 Å². The van der Waals surface area contributed by atoms with Gasteiger partial charge in [0.05, 0.1) is 4.90 Å². The number of likely N-dealkylation sites (N-methyl/N-ethyl adjacent to an activating group) is 1. The number of carbonyl (C=O) groups is 1. The van der Waals surface area contributed by atoms with Gasteiger partial charge < -0.3 is 10.2 Å². The van der Waals surface area contributed by atoms with E-state index in [1.807, 2.05) is 11.9 Å². The SMILES string of the molecule is CNC1CCCN(C(=O)c2ccc(S(=O)(=O)NC(C)(C)C)cc2)C1.Cl. The average Bonchev–Trinajstić information content (AvgIpc) is 2.52. The zero-order valence-corrected chi connectivity index (χ0v) is 16.8. The maximum atomic E-state index is 12.6. The first kappa shape index (κ1) is 21.9. The molecule has 1 aliphatic rings. The fourth-order valence-electron chi connectivity index (χ4n) is 2.82. The molecule has 0 spiro atoms. The van der Waals surface area contributed by atoms with Gasteiger partial charge in [0.2, 0.25) is 10.0 Å². The van der Waals surface area contributed by atoms with Gasteiger partial charge in [0.15, 0.2) is 0 Å². The number of likely N-dealkylation sites (tertiary alicyclic amines) is 1. The molecular formula is C17H28ClN3O3S. The standard InChI is InChI=1S/C17H27N3O3S.ClH/c1-17(2,3)19-24(22,23)15-9-7-13(8-10-15)16(21)20-11-5-6-14(12-20)18-4;/h7-10,14,18-19H,5-6,11-12H2,1-4H3;1H. The maximum Gasteiger partial charge on any atom is 0.253 e. The predicted octanol–water partition coefficient (Wildman–Crippen LogP) is 2.01. The number of piperidine rings is 1. The molecule has 1 saturated heterocycles. The van der Waals surface area contributed by atoms with Gasteiger partial charge in [-0.3, -0.25) is 4.79 Å². The minimum absolute atomic E-state index is 0. The molecule has 1 aromatic carbocycles. The summed E-state index contributed by atoms with van der Waals surface area (Å²) in [5, 5.41) is 3.21. The Labute approximate surface area is 156 Å². The average molecular weight is 390 g/mol. The summed E-state index contributed by atoms with van der Waals surface area (Å²) in [6.07, 6.45) is 2.04. The van der Waals surface area contributed by atoms with E-state index in [1.165, 1.54) is 12.1 Å². The Bertz CT molecular complexity index is 684. The van der Waals surface area contributed by atoms with Crippen LogP contribution in [0.4, 0.5) is 0 Å². The number of hydrogen-bond acceptors (Lipinski definition) is 4. The molecule has 6 nitrogen and oxygen atoms in total. The molecule has 0 saturated carbocycles. The maximum absolute atomic E-state index is 12.6. The third-order valence-electron chi connectivity index (χ3n) is 3.97. The van der Waals surface area contributed by atoms with Crippen LogP contribution in [0.15, 0.2) is 29.2 Å². The second-order valence-corrected chi connectivity index (χ2v) is 8.94. The molecule has 1 aliphatic heterocycles. The quantitative estimate of drug-likeness (QED) is 0.825. The molecular weight excluding hydrogens is 362 g/mol. The molecule has 25 heavy (non-hydrogen) atoms. The second-order valence-electron chi connectivity index (χ2n) is 7.26. The number of rotatable bonds is 4. The van der Waals surface area contributed by atoms with Gasteiger partial charge in [-0.05, 0) is 64.9 Å². The number of halogens is 1. The molecule has 1 aromatic rings. The Morgan fingerprint density at radius 3 is 2.32 bits per heavy atom. The molecule has 142 valence electrons. The fourth-order valence-corrected chi connectivity index (χ4v) is 4.24. The van der Waals surface area contributed by atoms with Crippen LogP contribution < -0.4 is 10.0 Å². The lowest BCUT2D eigenvalue weighted by atomic mass is 10.0. The molecule has 2 N–H and O–H groups in total. The Morgan fingerprint density at radius 2 is 1.80 bits per heavy atom. The van der Waals surface area contributed by atoms with Gasteiger partial charge in [-0.1, -0.05) is 0 Å². The van der Waals surface area contributed by atoms with Crippen molar-refractivity contribution in [3.05, 3.63) is 29.8 Å². The molecule has 0 bridgehead atoms. The number of nitrogens with one attached hydrogen (secondary N) is 2. The van der Waals surface area contributed by atoms with Crippen molar-refractivity contribution < 1.29 is 13.2 Å². The lowest BCUT2D eigenvalue weighted by Crippen LogP contribution is -2.46. The normalized spacial score (nSPS) is 18.6. The van der Waals surface area contributed by atoms with Gasteiger partial charge in [-0.2, -0.15) is 0 Å². The van der Waals surface area contributed by atoms with E-state index in [4.69, 9.17) is 0 Å². The van der Waals surface area contributed by atoms with E-state index in [9.17, 15) is 13.2 Å². The summed E-state index contributed by atoms with van der Waals surface area (Å²) in [7, 11) is -1.68. The van der Waals surface area contributed by atoms with E-state index in [1.54, 1.807) is 32.9 Å². The number of benzene rings is 1. The summed E-state index contributed by atoms with van der Waals surface area (Å²) in [4.78, 5) is 14.6. The first-order chi connectivity index (χ1) is 11.1. The molecule has 0 aliphatic carbocycles. The Kier molecular flexibility index (Phi) is 7.43. The first-order valence-electron chi connectivity index (χ1n) is 8.23. The lowest BCUT2D eigenvalue weighted by Gasteiger charge is -2.32. The highest BCUT2D eigenvalue weighted by atomic mass is 35.5. The topological polar surface area (TPSA) is 78.5 Å². The fraction of sp³-hybridized carbons (Fsp3) is 0.588. The number of nitrogens with zero attached hydrogens (tertiary/aromatic N) is 1. The van der Waals surface area contributed by atoms with Gasteiger partial charge in [0.25, 0.3) is 5.91 Å². The van der Waals surface area contributed by atoms with E-state index in [0.29, 0.717) is 18.2 Å². The van der Waals surface area contributed by atoms with E-state index in [-0.39, 0.29) is 23.2 Å². The van der Waals surface area contributed by atoms with Crippen LogP contribution in [-0.2, 0) is 10.0 Å². The molecule has 0 radical (unpaired) electrons. The Morgan fingerprint density at radius 1 is 1.20 bits per heavy atom. The molecule has 0 aromatic heterocycles. The summed E-state index contributed by atoms with van der Waals surface area (Å²) in [5.41, 5.74) is -0.0370. The van der Waals surface area contributed by atoms with Crippen molar-refractivity contribution in [2.24, 2.45) is 0 Å². The van der Waals surface area contributed by atoms with Crippen molar-refractivity contribution in [1.29, 1.82) is 0 Å². The Balaban J connectivity index is 0.00000312. The van der Waals surface area contributed by atoms with Crippen LogP contribution in [-0.4, -0.2) is 50.9 Å². The molecule has 1 amide bonds. The number of sulfonamides is 1.